The largest absolute Gasteiger partial charge is 0.466 e. The lowest BCUT2D eigenvalue weighted by Crippen LogP contribution is -2.45. The second kappa shape index (κ2) is 49.5. The molecule has 0 aliphatic rings. The number of amides is 1. The van der Waals surface area contributed by atoms with Gasteiger partial charge in [-0.3, -0.25) is 9.59 Å². The monoisotopic (exact) mass is 836 g/mol. The molecular weight excluding hydrogens is 731 g/mol. The molecule has 6 nitrogen and oxygen atoms in total. The summed E-state index contributed by atoms with van der Waals surface area (Å²) in [4.78, 5) is 24.5. The molecule has 0 saturated heterocycles. The molecule has 6 heteroatoms. The van der Waals surface area contributed by atoms with Crippen LogP contribution < -0.4 is 5.32 Å². The minimum atomic E-state index is -0.672. The van der Waals surface area contributed by atoms with E-state index < -0.39 is 12.1 Å². The molecule has 0 aromatic carbocycles. The van der Waals surface area contributed by atoms with Crippen LogP contribution in [0.3, 0.4) is 0 Å². The second-order valence-electron chi connectivity index (χ2n) is 18.6. The quantitative estimate of drug-likeness (QED) is 0.0419. The maximum Gasteiger partial charge on any atom is 0.305 e. The van der Waals surface area contributed by atoms with E-state index in [1.165, 1.54) is 212 Å². The molecule has 0 aromatic heterocycles. The van der Waals surface area contributed by atoms with Gasteiger partial charge in [-0.1, -0.05) is 264 Å². The van der Waals surface area contributed by atoms with Crippen LogP contribution in [0.5, 0.6) is 0 Å². The molecule has 352 valence electrons. The van der Waals surface area contributed by atoms with Crippen LogP contribution >= 0.6 is 0 Å². The number of rotatable bonds is 50. The Morgan fingerprint density at radius 2 is 0.695 bits per heavy atom. The van der Waals surface area contributed by atoms with Crippen LogP contribution in [0.1, 0.15) is 303 Å². The summed E-state index contributed by atoms with van der Waals surface area (Å²) in [5.41, 5.74) is 0. The smallest absolute Gasteiger partial charge is 0.305 e. The van der Waals surface area contributed by atoms with Crippen LogP contribution in [0.15, 0.2) is 0 Å². The van der Waals surface area contributed by atoms with Crippen LogP contribution in [0, 0.1) is 0 Å². The third kappa shape index (κ3) is 46.2. The molecular formula is C53H105NO5. The van der Waals surface area contributed by atoms with Crippen molar-refractivity contribution in [3.8, 4) is 0 Å². The van der Waals surface area contributed by atoms with E-state index in [4.69, 9.17) is 4.74 Å². The summed E-state index contributed by atoms with van der Waals surface area (Å²) in [6, 6.07) is -0.550. The first-order valence-electron chi connectivity index (χ1n) is 26.8. The number of unbranched alkanes of at least 4 members (excludes halogenated alkanes) is 39. The molecule has 0 radical (unpaired) electrons. The van der Waals surface area contributed by atoms with Gasteiger partial charge < -0.3 is 20.3 Å². The van der Waals surface area contributed by atoms with Gasteiger partial charge in [0.15, 0.2) is 0 Å². The Kier molecular flexibility index (Phi) is 48.6. The first kappa shape index (κ1) is 57.9. The zero-order chi connectivity index (χ0) is 43.0. The first-order valence-corrected chi connectivity index (χ1v) is 26.8. The normalized spacial score (nSPS) is 12.5. The van der Waals surface area contributed by atoms with Crippen LogP contribution in [0.25, 0.3) is 0 Å². The second-order valence-corrected chi connectivity index (χ2v) is 18.6. The lowest BCUT2D eigenvalue weighted by molar-refractivity contribution is -0.143. The summed E-state index contributed by atoms with van der Waals surface area (Å²) >= 11 is 0. The molecule has 0 heterocycles. The summed E-state index contributed by atoms with van der Waals surface area (Å²) in [5.74, 6) is -0.0534. The van der Waals surface area contributed by atoms with Crippen molar-refractivity contribution in [2.45, 2.75) is 315 Å². The van der Waals surface area contributed by atoms with Gasteiger partial charge in [-0.25, -0.2) is 0 Å². The molecule has 0 aliphatic heterocycles. The Bertz CT molecular complexity index is 837. The number of carbonyl (C=O) groups excluding carboxylic acids is 2. The van der Waals surface area contributed by atoms with Gasteiger partial charge in [0.05, 0.1) is 25.4 Å². The number of hydrogen-bond acceptors (Lipinski definition) is 5. The number of carbonyl (C=O) groups is 2. The van der Waals surface area contributed by atoms with Crippen molar-refractivity contribution in [1.29, 1.82) is 0 Å². The van der Waals surface area contributed by atoms with Gasteiger partial charge in [-0.2, -0.15) is 0 Å². The van der Waals surface area contributed by atoms with Crippen molar-refractivity contribution in [2.24, 2.45) is 0 Å². The Hall–Kier alpha value is -1.14. The summed E-state index contributed by atoms with van der Waals surface area (Å²) < 4.78 is 5.47. The molecule has 0 aliphatic carbocycles. The van der Waals surface area contributed by atoms with Gasteiger partial charge in [0.1, 0.15) is 0 Å². The highest BCUT2D eigenvalue weighted by Gasteiger charge is 2.20. The molecule has 0 aromatic rings. The first-order chi connectivity index (χ1) is 29.0. The number of ether oxygens (including phenoxy) is 1. The predicted octanol–water partition coefficient (Wildman–Crippen LogP) is 16.0. The SMILES string of the molecule is CCCCCCCCCCCCCCCCCCCC(=O)OCCCCCCCCCCCCCCC(=O)NC(CO)C(O)CCCCCCCCCCCCCCC. The molecule has 0 fully saturated rings. The van der Waals surface area contributed by atoms with Crippen molar-refractivity contribution in [3.05, 3.63) is 0 Å². The Labute approximate surface area is 368 Å². The van der Waals surface area contributed by atoms with E-state index in [1.54, 1.807) is 0 Å². The van der Waals surface area contributed by atoms with Crippen LogP contribution in [-0.4, -0.2) is 47.4 Å². The highest BCUT2D eigenvalue weighted by atomic mass is 16.5. The average molecular weight is 836 g/mol. The van der Waals surface area contributed by atoms with E-state index in [0.717, 1.165) is 57.8 Å². The van der Waals surface area contributed by atoms with Gasteiger partial charge in [0.2, 0.25) is 5.91 Å². The van der Waals surface area contributed by atoms with Crippen molar-refractivity contribution < 1.29 is 24.5 Å². The summed E-state index contributed by atoms with van der Waals surface area (Å²) in [7, 11) is 0. The van der Waals surface area contributed by atoms with Crippen LogP contribution in [0.2, 0.25) is 0 Å². The summed E-state index contributed by atoms with van der Waals surface area (Å²) in [6.07, 6.45) is 55.0. The van der Waals surface area contributed by atoms with Gasteiger partial charge in [0, 0.05) is 12.8 Å². The fourth-order valence-corrected chi connectivity index (χ4v) is 8.52. The maximum absolute atomic E-state index is 12.4. The van der Waals surface area contributed by atoms with E-state index in [9.17, 15) is 19.8 Å². The zero-order valence-corrected chi connectivity index (χ0v) is 40.0. The van der Waals surface area contributed by atoms with Gasteiger partial charge >= 0.3 is 5.97 Å². The van der Waals surface area contributed by atoms with Gasteiger partial charge in [-0.15, -0.1) is 0 Å². The van der Waals surface area contributed by atoms with Crippen molar-refractivity contribution >= 4 is 11.9 Å². The third-order valence-electron chi connectivity index (χ3n) is 12.7. The molecule has 0 spiro atoms. The summed E-state index contributed by atoms with van der Waals surface area (Å²) in [6.45, 7) is 4.94. The van der Waals surface area contributed by atoms with Crippen molar-refractivity contribution in [2.75, 3.05) is 13.2 Å². The molecule has 2 unspecified atom stereocenters. The average Bonchev–Trinajstić information content (AvgIpc) is 3.24. The van der Waals surface area contributed by atoms with E-state index in [1.807, 2.05) is 0 Å². The Balaban J connectivity index is 3.42. The molecule has 1 amide bonds. The highest BCUT2D eigenvalue weighted by Crippen LogP contribution is 2.17. The number of esters is 1. The number of hydrogen-bond donors (Lipinski definition) is 3. The minimum absolute atomic E-state index is 0.00465. The van der Waals surface area contributed by atoms with E-state index in [0.29, 0.717) is 25.9 Å². The number of aliphatic hydroxyl groups excluding tert-OH is 2. The van der Waals surface area contributed by atoms with E-state index in [2.05, 4.69) is 19.2 Å². The molecule has 0 saturated carbocycles. The minimum Gasteiger partial charge on any atom is -0.466 e. The fourth-order valence-electron chi connectivity index (χ4n) is 8.52. The lowest BCUT2D eigenvalue weighted by atomic mass is 10.0. The zero-order valence-electron chi connectivity index (χ0n) is 40.0. The van der Waals surface area contributed by atoms with E-state index >= 15 is 0 Å². The van der Waals surface area contributed by atoms with Crippen LogP contribution in [-0.2, 0) is 14.3 Å². The molecule has 59 heavy (non-hydrogen) atoms. The highest BCUT2D eigenvalue weighted by molar-refractivity contribution is 5.76. The number of nitrogens with one attached hydrogen (secondary N) is 1. The fraction of sp³-hybridized carbons (Fsp3) is 0.962. The topological polar surface area (TPSA) is 95.9 Å². The summed E-state index contributed by atoms with van der Waals surface area (Å²) in [5, 5.41) is 23.2. The lowest BCUT2D eigenvalue weighted by Gasteiger charge is -2.22. The predicted molar refractivity (Wildman–Crippen MR) is 255 cm³/mol. The van der Waals surface area contributed by atoms with Crippen LogP contribution in [0.4, 0.5) is 0 Å². The maximum atomic E-state index is 12.4. The standard InChI is InChI=1S/C53H105NO5/c1-3-5-7-9-11-13-15-17-18-19-20-22-27-31-35-39-43-47-53(58)59-48-44-40-36-32-28-24-23-26-30-34-38-42-46-52(57)54-50(49-55)51(56)45-41-37-33-29-25-21-16-14-12-10-8-6-4-2/h50-51,55-56H,3-49H2,1-2H3,(H,54,57). The van der Waals surface area contributed by atoms with E-state index in [-0.39, 0.29) is 18.5 Å². The molecule has 3 N–H and O–H groups in total. The van der Waals surface area contributed by atoms with Gasteiger partial charge in [0.25, 0.3) is 0 Å². The third-order valence-corrected chi connectivity index (χ3v) is 12.7. The van der Waals surface area contributed by atoms with Crippen molar-refractivity contribution in [1.82, 2.24) is 5.32 Å². The Morgan fingerprint density at radius 1 is 0.407 bits per heavy atom. The van der Waals surface area contributed by atoms with Gasteiger partial charge in [-0.05, 0) is 25.7 Å². The number of aliphatic hydroxyl groups is 2. The van der Waals surface area contributed by atoms with Crippen molar-refractivity contribution in [3.63, 3.8) is 0 Å². The molecule has 0 bridgehead atoms. The molecule has 2 atom stereocenters. The molecule has 0 rings (SSSR count). The Morgan fingerprint density at radius 3 is 1.03 bits per heavy atom.